The highest BCUT2D eigenvalue weighted by Gasteiger charge is 2.29. The molecule has 2 aromatic heterocycles. The second-order valence-corrected chi connectivity index (χ2v) is 7.94. The summed E-state index contributed by atoms with van der Waals surface area (Å²) in [7, 11) is 0. The van der Waals surface area contributed by atoms with Crippen molar-refractivity contribution in [1.29, 1.82) is 0 Å². The molecule has 0 fully saturated rings. The van der Waals surface area contributed by atoms with Crippen LogP contribution < -0.4 is 5.32 Å². The average molecular weight is 401 g/mol. The van der Waals surface area contributed by atoms with E-state index in [1.807, 2.05) is 0 Å². The smallest absolute Gasteiger partial charge is 0.296 e. The number of anilines is 1. The van der Waals surface area contributed by atoms with Gasteiger partial charge in [0, 0.05) is 5.75 Å². The molecule has 0 spiro atoms. The normalized spacial score (nSPS) is 11.5. The van der Waals surface area contributed by atoms with Crippen LogP contribution in [0.2, 0.25) is 0 Å². The van der Waals surface area contributed by atoms with Gasteiger partial charge in [0.25, 0.3) is 5.91 Å². The third kappa shape index (κ3) is 4.80. The number of carbonyl (C=O) groups is 1. The second-order valence-electron chi connectivity index (χ2n) is 4.79. The molecular weight excluding hydrogens is 391 g/mol. The van der Waals surface area contributed by atoms with Crippen LogP contribution in [0.1, 0.15) is 20.8 Å². The molecule has 0 atom stereocenters. The molecule has 1 aromatic carbocycles. The zero-order valence-electron chi connectivity index (χ0n) is 12.4. The Hall–Kier alpha value is -1.91. The minimum atomic E-state index is -4.33. The number of nitrogens with one attached hydrogen (secondary N) is 1. The maximum Gasteiger partial charge on any atom is 0.416 e. The Labute approximate surface area is 153 Å². The maximum atomic E-state index is 12.5. The molecule has 0 aliphatic rings. The van der Waals surface area contributed by atoms with Crippen LogP contribution in [0, 0.1) is 0 Å². The monoisotopic (exact) mass is 401 g/mol. The quantitative estimate of drug-likeness (QED) is 0.474. The summed E-state index contributed by atoms with van der Waals surface area (Å²) in [6.07, 6.45) is -4.33. The molecule has 2 heterocycles. The zero-order valence-corrected chi connectivity index (χ0v) is 14.9. The summed E-state index contributed by atoms with van der Waals surface area (Å²) in [5, 5.41) is 12.7. The van der Waals surface area contributed by atoms with E-state index in [4.69, 9.17) is 0 Å². The number of halogens is 3. The van der Waals surface area contributed by atoms with Crippen molar-refractivity contribution in [3.05, 3.63) is 57.8 Å². The highest BCUT2D eigenvalue weighted by Crippen LogP contribution is 2.31. The predicted octanol–water partition coefficient (Wildman–Crippen LogP) is 5.16. The molecule has 4 nitrogen and oxygen atoms in total. The van der Waals surface area contributed by atoms with E-state index in [-0.39, 0.29) is 5.91 Å². The first-order chi connectivity index (χ1) is 11.9. The van der Waals surface area contributed by atoms with Gasteiger partial charge < -0.3 is 0 Å². The third-order valence-corrected chi connectivity index (χ3v) is 5.93. The number of alkyl halides is 3. The van der Waals surface area contributed by atoms with Gasteiger partial charge in [0.15, 0.2) is 4.34 Å². The first kappa shape index (κ1) is 17.9. The van der Waals surface area contributed by atoms with Gasteiger partial charge in [0.2, 0.25) is 5.13 Å². The van der Waals surface area contributed by atoms with Crippen LogP contribution in [-0.2, 0) is 11.9 Å². The van der Waals surface area contributed by atoms with Gasteiger partial charge in [0.1, 0.15) is 0 Å². The molecule has 3 aromatic rings. The number of nitrogens with zero attached hydrogens (tertiary/aromatic N) is 2. The second kappa shape index (κ2) is 7.54. The SMILES string of the molecule is O=C(Nc1nnc(SCc2ccc(C(F)(F)F)cc2)s1)c1cccs1. The van der Waals surface area contributed by atoms with E-state index in [9.17, 15) is 18.0 Å². The lowest BCUT2D eigenvalue weighted by molar-refractivity contribution is -0.137. The fourth-order valence-electron chi connectivity index (χ4n) is 1.82. The number of rotatable bonds is 5. The minimum absolute atomic E-state index is 0.245. The highest BCUT2D eigenvalue weighted by atomic mass is 32.2. The van der Waals surface area contributed by atoms with E-state index in [2.05, 4.69) is 15.5 Å². The van der Waals surface area contributed by atoms with Crippen molar-refractivity contribution in [2.75, 3.05) is 5.32 Å². The van der Waals surface area contributed by atoms with E-state index in [0.29, 0.717) is 20.1 Å². The molecule has 0 bridgehead atoms. The van der Waals surface area contributed by atoms with Gasteiger partial charge in [-0.05, 0) is 29.1 Å². The van der Waals surface area contributed by atoms with Crippen molar-refractivity contribution in [2.24, 2.45) is 0 Å². The molecule has 0 radical (unpaired) electrons. The van der Waals surface area contributed by atoms with Gasteiger partial charge in [-0.15, -0.1) is 21.5 Å². The van der Waals surface area contributed by atoms with Crippen molar-refractivity contribution in [2.45, 2.75) is 16.3 Å². The fourth-order valence-corrected chi connectivity index (χ4v) is 4.14. The van der Waals surface area contributed by atoms with Gasteiger partial charge in [-0.1, -0.05) is 41.3 Å². The van der Waals surface area contributed by atoms with Gasteiger partial charge >= 0.3 is 6.18 Å². The van der Waals surface area contributed by atoms with Crippen LogP contribution >= 0.6 is 34.4 Å². The molecule has 0 aliphatic heterocycles. The summed E-state index contributed by atoms with van der Waals surface area (Å²) in [5.41, 5.74) is 0.0770. The Kier molecular flexibility index (Phi) is 5.40. The molecule has 10 heteroatoms. The lowest BCUT2D eigenvalue weighted by Gasteiger charge is -2.06. The first-order valence-electron chi connectivity index (χ1n) is 6.89. The van der Waals surface area contributed by atoms with Crippen molar-refractivity contribution in [3.8, 4) is 0 Å². The van der Waals surface area contributed by atoms with Gasteiger partial charge in [0.05, 0.1) is 10.4 Å². The third-order valence-electron chi connectivity index (χ3n) is 3.02. The van der Waals surface area contributed by atoms with Crippen molar-refractivity contribution in [1.82, 2.24) is 10.2 Å². The molecule has 0 saturated carbocycles. The van der Waals surface area contributed by atoms with Crippen LogP contribution in [0.25, 0.3) is 0 Å². The Morgan fingerprint density at radius 1 is 1.16 bits per heavy atom. The Morgan fingerprint density at radius 3 is 2.56 bits per heavy atom. The van der Waals surface area contributed by atoms with E-state index < -0.39 is 11.7 Å². The van der Waals surface area contributed by atoms with Crippen LogP contribution in [0.4, 0.5) is 18.3 Å². The molecule has 1 N–H and O–H groups in total. The largest absolute Gasteiger partial charge is 0.416 e. The topological polar surface area (TPSA) is 54.9 Å². The number of thiophene rings is 1. The van der Waals surface area contributed by atoms with Crippen LogP contribution in [0.3, 0.4) is 0 Å². The van der Waals surface area contributed by atoms with Crippen molar-refractivity contribution >= 4 is 45.5 Å². The number of hydrogen-bond donors (Lipinski definition) is 1. The Balaban J connectivity index is 1.56. The molecule has 0 saturated heterocycles. The summed E-state index contributed by atoms with van der Waals surface area (Å²) >= 11 is 3.89. The first-order valence-corrected chi connectivity index (χ1v) is 9.57. The standard InChI is InChI=1S/C15H10F3N3OS3/c16-15(17,18)10-5-3-9(4-6-10)8-24-14-21-20-13(25-14)19-12(22)11-2-1-7-23-11/h1-7H,8H2,(H,19,20,22). The van der Waals surface area contributed by atoms with E-state index in [0.717, 1.165) is 17.7 Å². The van der Waals surface area contributed by atoms with E-state index >= 15 is 0 Å². The summed E-state index contributed by atoms with van der Waals surface area (Å²) < 4.78 is 38.2. The van der Waals surface area contributed by atoms with E-state index in [1.54, 1.807) is 17.5 Å². The van der Waals surface area contributed by atoms with Gasteiger partial charge in [-0.3, -0.25) is 10.1 Å². The lowest BCUT2D eigenvalue weighted by Crippen LogP contribution is -2.09. The highest BCUT2D eigenvalue weighted by molar-refractivity contribution is 8.00. The maximum absolute atomic E-state index is 12.5. The molecule has 3 rings (SSSR count). The average Bonchev–Trinajstić information content (AvgIpc) is 3.24. The van der Waals surface area contributed by atoms with Gasteiger partial charge in [-0.25, -0.2) is 0 Å². The number of hydrogen-bond acceptors (Lipinski definition) is 6. The Morgan fingerprint density at radius 2 is 1.92 bits per heavy atom. The summed E-state index contributed by atoms with van der Waals surface area (Å²) in [6, 6.07) is 8.49. The predicted molar refractivity (Wildman–Crippen MR) is 93.2 cm³/mol. The lowest BCUT2D eigenvalue weighted by atomic mass is 10.1. The molecule has 25 heavy (non-hydrogen) atoms. The van der Waals surface area contributed by atoms with Crippen molar-refractivity contribution < 1.29 is 18.0 Å². The molecular formula is C15H10F3N3OS3. The summed E-state index contributed by atoms with van der Waals surface area (Å²) in [6.45, 7) is 0. The minimum Gasteiger partial charge on any atom is -0.296 e. The number of aromatic nitrogens is 2. The summed E-state index contributed by atoms with van der Waals surface area (Å²) in [5.74, 6) is 0.219. The number of benzene rings is 1. The van der Waals surface area contributed by atoms with E-state index in [1.165, 1.54) is 46.6 Å². The van der Waals surface area contributed by atoms with Crippen LogP contribution in [-0.4, -0.2) is 16.1 Å². The van der Waals surface area contributed by atoms with Gasteiger partial charge in [-0.2, -0.15) is 13.2 Å². The van der Waals surface area contributed by atoms with Crippen molar-refractivity contribution in [3.63, 3.8) is 0 Å². The van der Waals surface area contributed by atoms with Crippen LogP contribution in [0.5, 0.6) is 0 Å². The fraction of sp³-hybridized carbons (Fsp3) is 0.133. The molecule has 0 unspecified atom stereocenters. The molecule has 0 aliphatic carbocycles. The molecule has 130 valence electrons. The molecule has 1 amide bonds. The Bertz CT molecular complexity index is 845. The number of thioether (sulfide) groups is 1. The summed E-state index contributed by atoms with van der Waals surface area (Å²) in [4.78, 5) is 12.5. The number of carbonyl (C=O) groups excluding carboxylic acids is 1. The number of amides is 1. The zero-order chi connectivity index (χ0) is 17.9. The van der Waals surface area contributed by atoms with Crippen LogP contribution in [0.15, 0.2) is 46.1 Å².